The minimum Gasteiger partial charge on any atom is -0.368 e. The molecule has 0 saturated heterocycles. The van der Waals surface area contributed by atoms with E-state index >= 15 is 0 Å². The number of nitrogens with two attached hydrogens (primary N) is 1. The summed E-state index contributed by atoms with van der Waals surface area (Å²) in [5.74, 6) is -0.651. The number of hydrogen-bond acceptors (Lipinski definition) is 2. The molecule has 0 radical (unpaired) electrons. The zero-order valence-electron chi connectivity index (χ0n) is 11.7. The van der Waals surface area contributed by atoms with Crippen LogP contribution in [0.25, 0.3) is 0 Å². The van der Waals surface area contributed by atoms with Crippen LogP contribution in [0, 0.1) is 0 Å². The van der Waals surface area contributed by atoms with Gasteiger partial charge in [0.25, 0.3) is 5.91 Å². The van der Waals surface area contributed by atoms with Gasteiger partial charge in [-0.25, -0.2) is 0 Å². The van der Waals surface area contributed by atoms with Gasteiger partial charge in [0.2, 0.25) is 5.91 Å². The Morgan fingerprint density at radius 3 is 2.38 bits per heavy atom. The molecule has 106 valence electrons. The van der Waals surface area contributed by atoms with Gasteiger partial charge in [-0.3, -0.25) is 9.59 Å². The van der Waals surface area contributed by atoms with Crippen molar-refractivity contribution < 1.29 is 9.59 Å². The monoisotopic (exact) mass is 280 g/mol. The van der Waals surface area contributed by atoms with Gasteiger partial charge in [0.15, 0.2) is 0 Å². The normalized spacial score (nSPS) is 18.4. The number of hydrogen-bond donors (Lipinski definition) is 1. The smallest absolute Gasteiger partial charge is 0.255 e. The molecule has 3 rings (SSSR count). The number of nitrogens with zero attached hydrogens (tertiary/aromatic N) is 1. The summed E-state index contributed by atoms with van der Waals surface area (Å²) < 4.78 is 0. The maximum absolute atomic E-state index is 12.6. The third-order valence-corrected chi connectivity index (χ3v) is 3.97. The van der Waals surface area contributed by atoms with Crippen LogP contribution in [-0.4, -0.2) is 16.7 Å². The highest BCUT2D eigenvalue weighted by molar-refractivity contribution is 6.04. The van der Waals surface area contributed by atoms with E-state index in [1.807, 2.05) is 43.3 Å². The lowest BCUT2D eigenvalue weighted by Crippen LogP contribution is -2.37. The molecule has 0 saturated carbocycles. The summed E-state index contributed by atoms with van der Waals surface area (Å²) in [7, 11) is 0. The molecule has 21 heavy (non-hydrogen) atoms. The number of amides is 2. The highest BCUT2D eigenvalue weighted by Gasteiger charge is 2.42. The lowest BCUT2D eigenvalue weighted by atomic mass is 10.0. The van der Waals surface area contributed by atoms with E-state index in [9.17, 15) is 9.59 Å². The molecule has 4 heteroatoms. The van der Waals surface area contributed by atoms with Gasteiger partial charge in [-0.05, 0) is 24.1 Å². The van der Waals surface area contributed by atoms with E-state index < -0.39 is 11.9 Å². The average Bonchev–Trinajstić information content (AvgIpc) is 2.81. The number of fused-ring (bicyclic) bond motifs is 1. The topological polar surface area (TPSA) is 63.4 Å². The van der Waals surface area contributed by atoms with Crippen LogP contribution in [0.1, 0.15) is 40.5 Å². The van der Waals surface area contributed by atoms with Crippen molar-refractivity contribution in [2.24, 2.45) is 5.73 Å². The summed E-state index contributed by atoms with van der Waals surface area (Å²) in [6.07, 6.45) is 0. The predicted molar refractivity (Wildman–Crippen MR) is 79.4 cm³/mol. The number of benzene rings is 2. The molecule has 0 fully saturated rings. The van der Waals surface area contributed by atoms with Crippen LogP contribution in [0.2, 0.25) is 0 Å². The van der Waals surface area contributed by atoms with Gasteiger partial charge < -0.3 is 10.6 Å². The van der Waals surface area contributed by atoms with Gasteiger partial charge in [0.05, 0.1) is 6.04 Å². The SMILES string of the molecule is CC(c1ccccc1)N1C(=O)c2ccccc2C1C(N)=O. The largest absolute Gasteiger partial charge is 0.368 e. The molecule has 2 aromatic carbocycles. The first-order valence-electron chi connectivity index (χ1n) is 6.87. The zero-order valence-corrected chi connectivity index (χ0v) is 11.7. The molecular weight excluding hydrogens is 264 g/mol. The summed E-state index contributed by atoms with van der Waals surface area (Å²) in [6, 6.07) is 15.9. The van der Waals surface area contributed by atoms with Crippen molar-refractivity contribution in [1.29, 1.82) is 0 Å². The van der Waals surface area contributed by atoms with Gasteiger partial charge in [0.1, 0.15) is 6.04 Å². The fourth-order valence-electron chi connectivity index (χ4n) is 2.92. The second-order valence-corrected chi connectivity index (χ2v) is 5.19. The molecule has 0 spiro atoms. The third kappa shape index (κ3) is 2.09. The Hall–Kier alpha value is -2.62. The molecule has 2 amide bonds. The predicted octanol–water partition coefficient (Wildman–Crippen LogP) is 2.43. The Labute approximate surface area is 123 Å². The first-order valence-corrected chi connectivity index (χ1v) is 6.87. The van der Waals surface area contributed by atoms with Crippen molar-refractivity contribution in [3.05, 3.63) is 71.3 Å². The average molecular weight is 280 g/mol. The van der Waals surface area contributed by atoms with Gasteiger partial charge in [-0.1, -0.05) is 48.5 Å². The van der Waals surface area contributed by atoms with Crippen LogP contribution in [0.3, 0.4) is 0 Å². The lowest BCUT2D eigenvalue weighted by molar-refractivity contribution is -0.123. The van der Waals surface area contributed by atoms with Crippen LogP contribution < -0.4 is 5.73 Å². The van der Waals surface area contributed by atoms with E-state index in [2.05, 4.69) is 0 Å². The number of rotatable bonds is 3. The molecule has 1 aliphatic heterocycles. The Bertz CT molecular complexity index is 697. The number of primary amides is 1. The van der Waals surface area contributed by atoms with Crippen LogP contribution in [0.5, 0.6) is 0 Å². The van der Waals surface area contributed by atoms with Gasteiger partial charge in [-0.15, -0.1) is 0 Å². The van der Waals surface area contributed by atoms with Gasteiger partial charge in [-0.2, -0.15) is 0 Å². The Kier molecular flexibility index (Phi) is 3.22. The van der Waals surface area contributed by atoms with E-state index in [0.717, 1.165) is 5.56 Å². The minimum absolute atomic E-state index is 0.147. The number of carbonyl (C=O) groups excluding carboxylic acids is 2. The molecule has 2 aromatic rings. The molecule has 2 unspecified atom stereocenters. The fraction of sp³-hybridized carbons (Fsp3) is 0.176. The van der Waals surface area contributed by atoms with E-state index in [0.29, 0.717) is 11.1 Å². The Balaban J connectivity index is 2.07. The summed E-state index contributed by atoms with van der Waals surface area (Å²) in [5, 5.41) is 0. The quantitative estimate of drug-likeness (QED) is 0.938. The van der Waals surface area contributed by atoms with Crippen molar-refractivity contribution in [3.63, 3.8) is 0 Å². The van der Waals surface area contributed by atoms with Crippen molar-refractivity contribution >= 4 is 11.8 Å². The van der Waals surface area contributed by atoms with Crippen molar-refractivity contribution in [3.8, 4) is 0 Å². The highest BCUT2D eigenvalue weighted by atomic mass is 16.2. The second kappa shape index (κ2) is 5.05. The van der Waals surface area contributed by atoms with Gasteiger partial charge in [0, 0.05) is 5.56 Å². The minimum atomic E-state index is -0.705. The summed E-state index contributed by atoms with van der Waals surface area (Å²) in [4.78, 5) is 26.1. The van der Waals surface area contributed by atoms with Crippen molar-refractivity contribution in [2.45, 2.75) is 19.0 Å². The first kappa shape index (κ1) is 13.4. The van der Waals surface area contributed by atoms with E-state index in [4.69, 9.17) is 5.73 Å². The van der Waals surface area contributed by atoms with E-state index in [1.54, 1.807) is 23.1 Å². The molecule has 4 nitrogen and oxygen atoms in total. The molecule has 2 atom stereocenters. The molecule has 0 aliphatic carbocycles. The molecule has 1 aliphatic rings. The maximum Gasteiger partial charge on any atom is 0.255 e. The highest BCUT2D eigenvalue weighted by Crippen LogP contribution is 2.39. The van der Waals surface area contributed by atoms with Crippen molar-refractivity contribution in [2.75, 3.05) is 0 Å². The van der Waals surface area contributed by atoms with Crippen molar-refractivity contribution in [1.82, 2.24) is 4.90 Å². The Morgan fingerprint density at radius 2 is 1.71 bits per heavy atom. The van der Waals surface area contributed by atoms with E-state index in [1.165, 1.54) is 0 Å². The fourth-order valence-corrected chi connectivity index (χ4v) is 2.92. The summed E-state index contributed by atoms with van der Waals surface area (Å²) in [6.45, 7) is 1.91. The maximum atomic E-state index is 12.6. The first-order chi connectivity index (χ1) is 10.1. The molecule has 0 aromatic heterocycles. The second-order valence-electron chi connectivity index (χ2n) is 5.19. The molecule has 2 N–H and O–H groups in total. The Morgan fingerprint density at radius 1 is 1.10 bits per heavy atom. The van der Waals surface area contributed by atoms with Crippen LogP contribution >= 0.6 is 0 Å². The van der Waals surface area contributed by atoms with Gasteiger partial charge >= 0.3 is 0 Å². The zero-order chi connectivity index (χ0) is 15.0. The van der Waals surface area contributed by atoms with E-state index in [-0.39, 0.29) is 11.9 Å². The standard InChI is InChI=1S/C17H16N2O2/c1-11(12-7-3-2-4-8-12)19-15(16(18)20)13-9-5-6-10-14(13)17(19)21/h2-11,15H,1H3,(H2,18,20). The lowest BCUT2D eigenvalue weighted by Gasteiger charge is -2.29. The molecule has 1 heterocycles. The summed E-state index contributed by atoms with van der Waals surface area (Å²) >= 11 is 0. The third-order valence-electron chi connectivity index (χ3n) is 3.97. The molecule has 0 bridgehead atoms. The number of carbonyl (C=O) groups is 2. The van der Waals surface area contributed by atoms with Crippen LogP contribution in [-0.2, 0) is 4.79 Å². The molecular formula is C17H16N2O2. The summed E-state index contributed by atoms with van der Waals surface area (Å²) in [5.41, 5.74) is 7.78. The van der Waals surface area contributed by atoms with Crippen LogP contribution in [0.15, 0.2) is 54.6 Å². The van der Waals surface area contributed by atoms with Crippen LogP contribution in [0.4, 0.5) is 0 Å².